The Morgan fingerprint density at radius 2 is 1.88 bits per heavy atom. The predicted molar refractivity (Wildman–Crippen MR) is 102 cm³/mol. The molecular formula is C21H26N4O. The quantitative estimate of drug-likeness (QED) is 0.853. The molecule has 2 aliphatic rings. The van der Waals surface area contributed by atoms with Crippen LogP contribution in [0.3, 0.4) is 0 Å². The number of anilines is 1. The molecule has 1 spiro atoms. The van der Waals surface area contributed by atoms with E-state index in [0.717, 1.165) is 44.0 Å². The third kappa shape index (κ3) is 3.57. The van der Waals surface area contributed by atoms with E-state index in [-0.39, 0.29) is 11.3 Å². The summed E-state index contributed by atoms with van der Waals surface area (Å²) in [7, 11) is 0. The number of hydrogen-bond acceptors (Lipinski definition) is 4. The summed E-state index contributed by atoms with van der Waals surface area (Å²) in [6.45, 7) is 5.50. The Bertz CT molecular complexity index is 761. The smallest absolute Gasteiger partial charge is 0.222 e. The molecule has 0 bridgehead atoms. The number of amides is 1. The highest BCUT2D eigenvalue weighted by atomic mass is 16.2. The molecule has 2 saturated heterocycles. The van der Waals surface area contributed by atoms with Crippen molar-refractivity contribution >= 4 is 11.7 Å². The van der Waals surface area contributed by atoms with Crippen molar-refractivity contribution in [1.29, 1.82) is 0 Å². The summed E-state index contributed by atoms with van der Waals surface area (Å²) in [5.74, 6) is 1.24. The average Bonchev–Trinajstić information content (AvgIpc) is 2.67. The minimum absolute atomic E-state index is 0.174. The lowest BCUT2D eigenvalue weighted by molar-refractivity contribution is -0.138. The van der Waals surface area contributed by atoms with Crippen molar-refractivity contribution in [2.75, 3.05) is 24.5 Å². The molecule has 2 aromatic rings. The third-order valence-electron chi connectivity index (χ3n) is 5.73. The van der Waals surface area contributed by atoms with E-state index in [1.807, 2.05) is 31.2 Å². The first-order chi connectivity index (χ1) is 12.6. The maximum atomic E-state index is 12.5. The molecule has 2 aliphatic heterocycles. The van der Waals surface area contributed by atoms with Crippen molar-refractivity contribution in [3.05, 3.63) is 53.7 Å². The summed E-state index contributed by atoms with van der Waals surface area (Å²) in [5, 5.41) is 8.59. The second-order valence-corrected chi connectivity index (χ2v) is 7.79. The Labute approximate surface area is 155 Å². The van der Waals surface area contributed by atoms with Crippen LogP contribution in [0, 0.1) is 12.3 Å². The largest absolute Gasteiger partial charge is 0.355 e. The number of aryl methyl sites for hydroxylation is 1. The highest BCUT2D eigenvalue weighted by molar-refractivity contribution is 5.77. The lowest BCUT2D eigenvalue weighted by atomic mass is 9.73. The molecular weight excluding hydrogens is 324 g/mol. The monoisotopic (exact) mass is 350 g/mol. The van der Waals surface area contributed by atoms with Gasteiger partial charge in [-0.25, -0.2) is 0 Å². The van der Waals surface area contributed by atoms with Crippen LogP contribution in [0.4, 0.5) is 5.82 Å². The van der Waals surface area contributed by atoms with Gasteiger partial charge in [-0.2, -0.15) is 5.10 Å². The fourth-order valence-electron chi connectivity index (χ4n) is 4.35. The second-order valence-electron chi connectivity index (χ2n) is 7.79. The normalized spacial score (nSPS) is 23.5. The molecule has 0 unspecified atom stereocenters. The van der Waals surface area contributed by atoms with Crippen LogP contribution in [-0.4, -0.2) is 40.6 Å². The summed E-state index contributed by atoms with van der Waals surface area (Å²) < 4.78 is 0. The van der Waals surface area contributed by atoms with E-state index in [1.165, 1.54) is 12.0 Å². The van der Waals surface area contributed by atoms with Crippen LogP contribution >= 0.6 is 0 Å². The van der Waals surface area contributed by atoms with Crippen molar-refractivity contribution in [3.8, 4) is 0 Å². The zero-order valence-corrected chi connectivity index (χ0v) is 15.4. The number of aromatic nitrogens is 2. The maximum Gasteiger partial charge on any atom is 0.222 e. The number of rotatable bonds is 3. The van der Waals surface area contributed by atoms with Crippen LogP contribution in [0.25, 0.3) is 0 Å². The molecule has 0 radical (unpaired) electrons. The van der Waals surface area contributed by atoms with Gasteiger partial charge >= 0.3 is 0 Å². The van der Waals surface area contributed by atoms with Gasteiger partial charge in [-0.1, -0.05) is 30.3 Å². The van der Waals surface area contributed by atoms with Crippen LogP contribution in [0.5, 0.6) is 0 Å². The van der Waals surface area contributed by atoms with Gasteiger partial charge in [0.1, 0.15) is 0 Å². The van der Waals surface area contributed by atoms with E-state index in [2.05, 4.69) is 38.2 Å². The molecule has 0 aliphatic carbocycles. The highest BCUT2D eigenvalue weighted by Gasteiger charge is 2.42. The van der Waals surface area contributed by atoms with Crippen molar-refractivity contribution in [3.63, 3.8) is 0 Å². The molecule has 3 heterocycles. The summed E-state index contributed by atoms with van der Waals surface area (Å²) in [6.07, 6.45) is 3.96. The first kappa shape index (κ1) is 17.0. The molecule has 136 valence electrons. The zero-order valence-electron chi connectivity index (χ0n) is 15.4. The number of nitrogens with zero attached hydrogens (tertiary/aromatic N) is 4. The molecule has 2 fully saturated rings. The number of piperidine rings is 2. The molecule has 26 heavy (non-hydrogen) atoms. The van der Waals surface area contributed by atoms with Gasteiger partial charge < -0.3 is 9.80 Å². The summed E-state index contributed by atoms with van der Waals surface area (Å²) >= 11 is 0. The SMILES string of the molecule is Cc1ccc(N2CCC[C@@]3(CCC(=O)N(Cc4ccccc4)C3)C2)nn1. The number of benzene rings is 1. The van der Waals surface area contributed by atoms with E-state index in [9.17, 15) is 4.79 Å². The lowest BCUT2D eigenvalue weighted by Crippen LogP contribution is -2.54. The van der Waals surface area contributed by atoms with Crippen molar-refractivity contribution < 1.29 is 4.79 Å². The van der Waals surface area contributed by atoms with Gasteiger partial charge in [0.25, 0.3) is 0 Å². The van der Waals surface area contributed by atoms with Crippen LogP contribution in [0.1, 0.15) is 36.9 Å². The number of hydrogen-bond donors (Lipinski definition) is 0. The van der Waals surface area contributed by atoms with Gasteiger partial charge in [-0.15, -0.1) is 5.10 Å². The van der Waals surface area contributed by atoms with E-state index >= 15 is 0 Å². The zero-order chi connectivity index (χ0) is 18.0. The molecule has 5 nitrogen and oxygen atoms in total. The number of carbonyl (C=O) groups excluding carboxylic acids is 1. The summed E-state index contributed by atoms with van der Waals surface area (Å²) in [5.41, 5.74) is 2.32. The molecule has 0 saturated carbocycles. The van der Waals surface area contributed by atoms with Crippen molar-refractivity contribution in [1.82, 2.24) is 15.1 Å². The lowest BCUT2D eigenvalue weighted by Gasteiger charge is -2.48. The van der Waals surface area contributed by atoms with Crippen LogP contribution < -0.4 is 4.90 Å². The van der Waals surface area contributed by atoms with Crippen LogP contribution in [0.2, 0.25) is 0 Å². The fraction of sp³-hybridized carbons (Fsp3) is 0.476. The van der Waals surface area contributed by atoms with Crippen molar-refractivity contribution in [2.24, 2.45) is 5.41 Å². The molecule has 1 aromatic carbocycles. The fourth-order valence-corrected chi connectivity index (χ4v) is 4.35. The molecule has 4 rings (SSSR count). The summed E-state index contributed by atoms with van der Waals surface area (Å²) in [6, 6.07) is 14.4. The van der Waals surface area contributed by atoms with E-state index in [4.69, 9.17) is 0 Å². The Hall–Kier alpha value is -2.43. The highest BCUT2D eigenvalue weighted by Crippen LogP contribution is 2.40. The Morgan fingerprint density at radius 3 is 2.65 bits per heavy atom. The van der Waals surface area contributed by atoms with E-state index < -0.39 is 0 Å². The van der Waals surface area contributed by atoms with Gasteiger partial charge in [0.15, 0.2) is 5.82 Å². The van der Waals surface area contributed by atoms with Gasteiger partial charge in [0, 0.05) is 38.0 Å². The molecule has 1 amide bonds. The average molecular weight is 350 g/mol. The second kappa shape index (κ2) is 7.06. The minimum Gasteiger partial charge on any atom is -0.355 e. The van der Waals surface area contributed by atoms with Crippen LogP contribution in [0.15, 0.2) is 42.5 Å². The maximum absolute atomic E-state index is 12.5. The van der Waals surface area contributed by atoms with Gasteiger partial charge in [0.05, 0.1) is 5.69 Å². The first-order valence-electron chi connectivity index (χ1n) is 9.51. The third-order valence-corrected chi connectivity index (χ3v) is 5.73. The topological polar surface area (TPSA) is 49.3 Å². The molecule has 1 atom stereocenters. The number of likely N-dealkylation sites (tertiary alicyclic amines) is 1. The predicted octanol–water partition coefficient (Wildman–Crippen LogP) is 3.19. The Morgan fingerprint density at radius 1 is 1.04 bits per heavy atom. The van der Waals surface area contributed by atoms with E-state index in [0.29, 0.717) is 13.0 Å². The van der Waals surface area contributed by atoms with Gasteiger partial charge in [-0.05, 0) is 43.9 Å². The van der Waals surface area contributed by atoms with E-state index in [1.54, 1.807) is 0 Å². The van der Waals surface area contributed by atoms with Crippen LogP contribution in [-0.2, 0) is 11.3 Å². The Balaban J connectivity index is 1.49. The molecule has 5 heteroatoms. The Kier molecular flexibility index (Phi) is 4.62. The van der Waals surface area contributed by atoms with Crippen molar-refractivity contribution in [2.45, 2.75) is 39.2 Å². The van der Waals surface area contributed by atoms with Gasteiger partial charge in [0.2, 0.25) is 5.91 Å². The minimum atomic E-state index is 0.174. The molecule has 0 N–H and O–H groups in total. The standard InChI is InChI=1S/C21H26N4O/c1-17-8-9-19(23-22-17)24-13-5-11-21(15-24)12-10-20(26)25(16-21)14-18-6-3-2-4-7-18/h2-4,6-9H,5,10-16H2,1H3/t21-/m1/s1. The first-order valence-corrected chi connectivity index (χ1v) is 9.51. The number of carbonyl (C=O) groups is 1. The molecule has 1 aromatic heterocycles. The van der Waals surface area contributed by atoms with Gasteiger partial charge in [-0.3, -0.25) is 4.79 Å². The summed E-state index contributed by atoms with van der Waals surface area (Å²) in [4.78, 5) is 16.9.